The molecule has 0 spiro atoms. The second kappa shape index (κ2) is 6.03. The van der Waals surface area contributed by atoms with Gasteiger partial charge in [0.1, 0.15) is 0 Å². The molecule has 2 aromatic carbocycles. The molecular weight excluding hydrogens is 348 g/mol. The fraction of sp³-hybridized carbons (Fsp3) is 0.125. The Hall–Kier alpha value is -1.59. The molecule has 0 saturated carbocycles. The molecule has 3 rings (SSSR count). The van der Waals surface area contributed by atoms with Crippen molar-refractivity contribution in [2.75, 3.05) is 0 Å². The summed E-state index contributed by atoms with van der Waals surface area (Å²) in [5.41, 5.74) is 1.95. The molecule has 5 heteroatoms. The highest BCUT2D eigenvalue weighted by molar-refractivity contribution is 9.10. The largest absolute Gasteiger partial charge is 0.290 e. The Balaban J connectivity index is 1.92. The Labute approximate surface area is 135 Å². The first-order chi connectivity index (χ1) is 10.1. The summed E-state index contributed by atoms with van der Waals surface area (Å²) >= 11 is 5.00. The van der Waals surface area contributed by atoms with E-state index in [2.05, 4.69) is 33.0 Å². The number of fused-ring (bicyclic) bond motifs is 1. The number of nitrogens with zero attached hydrogens (tertiary/aromatic N) is 2. The van der Waals surface area contributed by atoms with Gasteiger partial charge in [0, 0.05) is 17.3 Å². The van der Waals surface area contributed by atoms with Gasteiger partial charge in [-0.1, -0.05) is 52.0 Å². The summed E-state index contributed by atoms with van der Waals surface area (Å²) in [6.45, 7) is 0. The SMILES string of the molecule is Cn1c(SCc2ccc(Br)cc2)nc2ccccc2c1=O. The van der Waals surface area contributed by atoms with Gasteiger partial charge in [0.05, 0.1) is 10.9 Å². The maximum atomic E-state index is 12.3. The van der Waals surface area contributed by atoms with Crippen LogP contribution >= 0.6 is 27.7 Å². The minimum Gasteiger partial charge on any atom is -0.290 e. The molecule has 0 aliphatic carbocycles. The number of thioether (sulfide) groups is 1. The van der Waals surface area contributed by atoms with Crippen LogP contribution < -0.4 is 5.56 Å². The first kappa shape index (κ1) is 14.4. The van der Waals surface area contributed by atoms with Gasteiger partial charge in [-0.05, 0) is 29.8 Å². The van der Waals surface area contributed by atoms with E-state index in [4.69, 9.17) is 0 Å². The Morgan fingerprint density at radius 1 is 1.14 bits per heavy atom. The lowest BCUT2D eigenvalue weighted by atomic mass is 10.2. The Morgan fingerprint density at radius 3 is 2.62 bits per heavy atom. The van der Waals surface area contributed by atoms with E-state index >= 15 is 0 Å². The molecule has 0 N–H and O–H groups in total. The van der Waals surface area contributed by atoms with E-state index in [0.29, 0.717) is 5.39 Å². The number of hydrogen-bond acceptors (Lipinski definition) is 3. The predicted octanol–water partition coefficient (Wildman–Crippen LogP) is 3.99. The first-order valence-corrected chi connectivity index (χ1v) is 8.26. The highest BCUT2D eigenvalue weighted by Gasteiger charge is 2.08. The maximum Gasteiger partial charge on any atom is 0.261 e. The number of rotatable bonds is 3. The zero-order valence-electron chi connectivity index (χ0n) is 11.4. The molecule has 1 heterocycles. The number of aromatic nitrogens is 2. The number of halogens is 1. The minimum atomic E-state index is -0.00101. The third-order valence-electron chi connectivity index (χ3n) is 3.22. The first-order valence-electron chi connectivity index (χ1n) is 6.48. The number of para-hydroxylation sites is 1. The molecule has 0 fully saturated rings. The fourth-order valence-corrected chi connectivity index (χ4v) is 3.25. The molecule has 0 amide bonds. The van der Waals surface area contributed by atoms with E-state index in [1.165, 1.54) is 5.56 Å². The quantitative estimate of drug-likeness (QED) is 0.523. The molecular formula is C16H13BrN2OS. The molecule has 3 nitrogen and oxygen atoms in total. The maximum absolute atomic E-state index is 12.3. The molecule has 0 radical (unpaired) electrons. The van der Waals surface area contributed by atoms with Crippen LogP contribution in [0.3, 0.4) is 0 Å². The molecule has 0 atom stereocenters. The summed E-state index contributed by atoms with van der Waals surface area (Å²) in [6, 6.07) is 15.6. The fourth-order valence-electron chi connectivity index (χ4n) is 2.06. The molecule has 3 aromatic rings. The monoisotopic (exact) mass is 360 g/mol. The van der Waals surface area contributed by atoms with Gasteiger partial charge in [-0.2, -0.15) is 0 Å². The van der Waals surface area contributed by atoms with Gasteiger partial charge in [0.2, 0.25) is 0 Å². The van der Waals surface area contributed by atoms with Crippen molar-refractivity contribution in [1.29, 1.82) is 0 Å². The van der Waals surface area contributed by atoms with Crippen molar-refractivity contribution in [3.8, 4) is 0 Å². The van der Waals surface area contributed by atoms with Crippen molar-refractivity contribution in [3.05, 3.63) is 68.9 Å². The lowest BCUT2D eigenvalue weighted by Gasteiger charge is -2.08. The van der Waals surface area contributed by atoms with Crippen LogP contribution in [0, 0.1) is 0 Å². The van der Waals surface area contributed by atoms with Gasteiger partial charge in [0.15, 0.2) is 5.16 Å². The average Bonchev–Trinajstić information content (AvgIpc) is 2.51. The van der Waals surface area contributed by atoms with Gasteiger partial charge in [0.25, 0.3) is 5.56 Å². The minimum absolute atomic E-state index is 0.00101. The van der Waals surface area contributed by atoms with Crippen molar-refractivity contribution in [2.24, 2.45) is 7.05 Å². The van der Waals surface area contributed by atoms with Crippen molar-refractivity contribution in [3.63, 3.8) is 0 Å². The normalized spacial score (nSPS) is 11.0. The zero-order chi connectivity index (χ0) is 14.8. The molecule has 0 bridgehead atoms. The second-order valence-corrected chi connectivity index (χ2v) is 6.55. The molecule has 0 unspecified atom stereocenters. The van der Waals surface area contributed by atoms with Crippen molar-refractivity contribution in [1.82, 2.24) is 9.55 Å². The van der Waals surface area contributed by atoms with Crippen LogP contribution in [0.5, 0.6) is 0 Å². The van der Waals surface area contributed by atoms with E-state index in [-0.39, 0.29) is 5.56 Å². The number of benzene rings is 2. The van der Waals surface area contributed by atoms with E-state index in [9.17, 15) is 4.79 Å². The topological polar surface area (TPSA) is 34.9 Å². The summed E-state index contributed by atoms with van der Waals surface area (Å²) in [5.74, 6) is 0.784. The van der Waals surface area contributed by atoms with Gasteiger partial charge < -0.3 is 0 Å². The van der Waals surface area contributed by atoms with Crippen molar-refractivity contribution in [2.45, 2.75) is 10.9 Å². The second-order valence-electron chi connectivity index (χ2n) is 4.69. The van der Waals surface area contributed by atoms with Crippen LogP contribution in [-0.4, -0.2) is 9.55 Å². The van der Waals surface area contributed by atoms with E-state index in [1.54, 1.807) is 23.4 Å². The number of hydrogen-bond donors (Lipinski definition) is 0. The average molecular weight is 361 g/mol. The smallest absolute Gasteiger partial charge is 0.261 e. The third kappa shape index (κ3) is 3.04. The molecule has 21 heavy (non-hydrogen) atoms. The van der Waals surface area contributed by atoms with E-state index in [1.807, 2.05) is 36.4 Å². The molecule has 0 aliphatic rings. The van der Waals surface area contributed by atoms with Gasteiger partial charge in [-0.15, -0.1) is 0 Å². The summed E-state index contributed by atoms with van der Waals surface area (Å²) in [6.07, 6.45) is 0. The van der Waals surface area contributed by atoms with E-state index < -0.39 is 0 Å². The zero-order valence-corrected chi connectivity index (χ0v) is 13.8. The van der Waals surface area contributed by atoms with Crippen LogP contribution in [0.2, 0.25) is 0 Å². The molecule has 0 aliphatic heterocycles. The standard InChI is InChI=1S/C16H13BrN2OS/c1-19-15(20)13-4-2-3-5-14(13)18-16(19)21-10-11-6-8-12(17)9-7-11/h2-9H,10H2,1H3. The van der Waals surface area contributed by atoms with Crippen LogP contribution in [0.1, 0.15) is 5.56 Å². The summed E-state index contributed by atoms with van der Waals surface area (Å²) < 4.78 is 2.68. The lowest BCUT2D eigenvalue weighted by molar-refractivity contribution is 0.726. The van der Waals surface area contributed by atoms with Crippen molar-refractivity contribution < 1.29 is 0 Å². The summed E-state index contributed by atoms with van der Waals surface area (Å²) in [7, 11) is 1.77. The molecule has 0 saturated heterocycles. The predicted molar refractivity (Wildman–Crippen MR) is 90.7 cm³/mol. The van der Waals surface area contributed by atoms with Crippen LogP contribution in [-0.2, 0) is 12.8 Å². The Bertz CT molecular complexity index is 843. The lowest BCUT2D eigenvalue weighted by Crippen LogP contribution is -2.19. The highest BCUT2D eigenvalue weighted by atomic mass is 79.9. The Kier molecular flexibility index (Phi) is 4.12. The summed E-state index contributed by atoms with van der Waals surface area (Å²) in [5, 5.41) is 1.40. The van der Waals surface area contributed by atoms with Crippen LogP contribution in [0.15, 0.2) is 63.0 Å². The van der Waals surface area contributed by atoms with E-state index in [0.717, 1.165) is 20.9 Å². The Morgan fingerprint density at radius 2 is 1.86 bits per heavy atom. The van der Waals surface area contributed by atoms with Crippen LogP contribution in [0.4, 0.5) is 0 Å². The van der Waals surface area contributed by atoms with Gasteiger partial charge in [-0.3, -0.25) is 9.36 Å². The van der Waals surface area contributed by atoms with Crippen LogP contribution in [0.25, 0.3) is 10.9 Å². The molecule has 106 valence electrons. The van der Waals surface area contributed by atoms with Gasteiger partial charge in [-0.25, -0.2) is 4.98 Å². The highest BCUT2D eigenvalue weighted by Crippen LogP contribution is 2.22. The van der Waals surface area contributed by atoms with Crippen molar-refractivity contribution >= 4 is 38.6 Å². The van der Waals surface area contributed by atoms with Gasteiger partial charge >= 0.3 is 0 Å². The summed E-state index contributed by atoms with van der Waals surface area (Å²) in [4.78, 5) is 16.9. The molecule has 1 aromatic heterocycles. The third-order valence-corrected chi connectivity index (χ3v) is 4.85.